The molecule has 0 atom stereocenters. The summed E-state index contributed by atoms with van der Waals surface area (Å²) in [5.74, 6) is 0.0466. The third-order valence-electron chi connectivity index (χ3n) is 5.88. The molecule has 3 heterocycles. The summed E-state index contributed by atoms with van der Waals surface area (Å²) >= 11 is 0. The van der Waals surface area contributed by atoms with Crippen molar-refractivity contribution >= 4 is 29.0 Å². The predicted octanol–water partition coefficient (Wildman–Crippen LogP) is 3.65. The lowest BCUT2D eigenvalue weighted by molar-refractivity contribution is -0.118. The molecule has 0 radical (unpaired) electrons. The SMILES string of the molecule is Cc1cc(C)n2nc(CC(=O)N3CCCc4c(NC(=O)c5ccc(F)cc5)cccc43)nc2n1. The molecular weight excluding hydrogens is 435 g/mol. The summed E-state index contributed by atoms with van der Waals surface area (Å²) < 4.78 is 14.8. The zero-order valence-corrected chi connectivity index (χ0v) is 18.9. The number of aryl methyl sites for hydroxylation is 2. The maximum Gasteiger partial charge on any atom is 0.255 e. The highest BCUT2D eigenvalue weighted by Crippen LogP contribution is 2.33. The Hall–Kier alpha value is -4.14. The van der Waals surface area contributed by atoms with Gasteiger partial charge >= 0.3 is 0 Å². The fourth-order valence-corrected chi connectivity index (χ4v) is 4.31. The second kappa shape index (κ2) is 8.66. The van der Waals surface area contributed by atoms with Crippen molar-refractivity contribution in [2.75, 3.05) is 16.8 Å². The molecule has 0 spiro atoms. The van der Waals surface area contributed by atoms with Gasteiger partial charge in [-0.1, -0.05) is 6.07 Å². The fourth-order valence-electron chi connectivity index (χ4n) is 4.31. The first-order valence-electron chi connectivity index (χ1n) is 11.1. The van der Waals surface area contributed by atoms with E-state index in [2.05, 4.69) is 20.4 Å². The van der Waals surface area contributed by atoms with Crippen molar-refractivity contribution in [3.05, 3.63) is 82.7 Å². The van der Waals surface area contributed by atoms with Gasteiger partial charge in [0.2, 0.25) is 5.91 Å². The van der Waals surface area contributed by atoms with Gasteiger partial charge in [0.05, 0.1) is 6.42 Å². The third-order valence-corrected chi connectivity index (χ3v) is 5.88. The number of carbonyl (C=O) groups is 2. The Morgan fingerprint density at radius 2 is 1.88 bits per heavy atom. The van der Waals surface area contributed by atoms with E-state index in [4.69, 9.17) is 0 Å². The van der Waals surface area contributed by atoms with Gasteiger partial charge in [0.15, 0.2) is 5.82 Å². The summed E-state index contributed by atoms with van der Waals surface area (Å²) in [6.07, 6.45) is 1.54. The highest BCUT2D eigenvalue weighted by atomic mass is 19.1. The summed E-state index contributed by atoms with van der Waals surface area (Å²) in [6, 6.07) is 12.8. The molecule has 0 aliphatic carbocycles. The molecule has 5 rings (SSSR count). The van der Waals surface area contributed by atoms with Crippen LogP contribution in [0.1, 0.15) is 39.6 Å². The van der Waals surface area contributed by atoms with E-state index in [0.29, 0.717) is 29.4 Å². The summed E-state index contributed by atoms with van der Waals surface area (Å²) in [4.78, 5) is 36.4. The summed E-state index contributed by atoms with van der Waals surface area (Å²) in [5, 5.41) is 7.36. The van der Waals surface area contributed by atoms with Gasteiger partial charge in [0, 0.05) is 34.9 Å². The summed E-state index contributed by atoms with van der Waals surface area (Å²) in [5.41, 5.74) is 4.41. The van der Waals surface area contributed by atoms with Crippen LogP contribution >= 0.6 is 0 Å². The molecule has 8 nitrogen and oxygen atoms in total. The summed E-state index contributed by atoms with van der Waals surface area (Å²) in [7, 11) is 0. The standard InChI is InChI=1S/C25H23FN6O2/c1-15-13-16(2)32-25(27-15)29-22(30-32)14-23(33)31-12-4-5-19-20(6-3-7-21(19)31)28-24(34)17-8-10-18(26)11-9-17/h3,6-11,13H,4-5,12,14H2,1-2H3,(H,28,34). The lowest BCUT2D eigenvalue weighted by Crippen LogP contribution is -2.37. The molecule has 4 aromatic rings. The highest BCUT2D eigenvalue weighted by Gasteiger charge is 2.26. The predicted molar refractivity (Wildman–Crippen MR) is 125 cm³/mol. The van der Waals surface area contributed by atoms with Crippen LogP contribution in [0.4, 0.5) is 15.8 Å². The number of anilines is 2. The van der Waals surface area contributed by atoms with Crippen molar-refractivity contribution in [2.45, 2.75) is 33.1 Å². The van der Waals surface area contributed by atoms with Crippen molar-refractivity contribution in [3.63, 3.8) is 0 Å². The average molecular weight is 458 g/mol. The van der Waals surface area contributed by atoms with Crippen LogP contribution in [0.15, 0.2) is 48.5 Å². The molecule has 0 saturated carbocycles. The van der Waals surface area contributed by atoms with Gasteiger partial charge in [-0.25, -0.2) is 13.9 Å². The van der Waals surface area contributed by atoms with Gasteiger partial charge in [0.1, 0.15) is 5.82 Å². The highest BCUT2D eigenvalue weighted by molar-refractivity contribution is 6.05. The van der Waals surface area contributed by atoms with Crippen LogP contribution in [0.2, 0.25) is 0 Å². The van der Waals surface area contributed by atoms with Crippen molar-refractivity contribution < 1.29 is 14.0 Å². The van der Waals surface area contributed by atoms with Crippen LogP contribution in [-0.4, -0.2) is 37.9 Å². The number of fused-ring (bicyclic) bond motifs is 2. The Morgan fingerprint density at radius 1 is 1.09 bits per heavy atom. The number of rotatable bonds is 4. The Balaban J connectivity index is 1.38. The molecule has 9 heteroatoms. The van der Waals surface area contributed by atoms with Crippen molar-refractivity contribution in [1.82, 2.24) is 19.6 Å². The Bertz CT molecular complexity index is 1410. The monoisotopic (exact) mass is 458 g/mol. The van der Waals surface area contributed by atoms with Crippen LogP contribution in [0.25, 0.3) is 5.78 Å². The van der Waals surface area contributed by atoms with Crippen LogP contribution < -0.4 is 10.2 Å². The normalized spacial score (nSPS) is 13.1. The molecule has 1 N–H and O–H groups in total. The van der Waals surface area contributed by atoms with Crippen molar-refractivity contribution in [3.8, 4) is 0 Å². The minimum atomic E-state index is -0.399. The van der Waals surface area contributed by atoms with Gasteiger partial charge in [-0.15, -0.1) is 5.10 Å². The fraction of sp³-hybridized carbons (Fsp3) is 0.240. The molecule has 1 aliphatic heterocycles. The van der Waals surface area contributed by atoms with Gasteiger partial charge < -0.3 is 10.2 Å². The minimum absolute atomic E-state index is 0.0491. The third kappa shape index (κ3) is 4.12. The molecule has 0 saturated heterocycles. The lowest BCUT2D eigenvalue weighted by Gasteiger charge is -2.30. The first-order valence-corrected chi connectivity index (χ1v) is 11.1. The number of benzene rings is 2. The topological polar surface area (TPSA) is 92.5 Å². The molecule has 1 aliphatic rings. The van der Waals surface area contributed by atoms with E-state index in [9.17, 15) is 14.0 Å². The number of hydrogen-bond acceptors (Lipinski definition) is 5. The molecule has 0 fully saturated rings. The lowest BCUT2D eigenvalue weighted by atomic mass is 9.99. The van der Waals surface area contributed by atoms with E-state index in [1.54, 1.807) is 9.42 Å². The molecular formula is C25H23FN6O2. The van der Waals surface area contributed by atoms with E-state index in [1.807, 2.05) is 38.1 Å². The number of halogens is 1. The molecule has 0 bridgehead atoms. The van der Waals surface area contributed by atoms with Gasteiger partial charge in [-0.2, -0.15) is 4.98 Å². The molecule has 0 unspecified atom stereocenters. The zero-order chi connectivity index (χ0) is 23.8. The van der Waals surface area contributed by atoms with Crippen LogP contribution in [-0.2, 0) is 17.6 Å². The van der Waals surface area contributed by atoms with Gasteiger partial charge in [-0.3, -0.25) is 9.59 Å². The van der Waals surface area contributed by atoms with E-state index in [1.165, 1.54) is 24.3 Å². The second-order valence-corrected chi connectivity index (χ2v) is 8.37. The number of nitrogens with one attached hydrogen (secondary N) is 1. The minimum Gasteiger partial charge on any atom is -0.322 e. The van der Waals surface area contributed by atoms with Gasteiger partial charge in [-0.05, 0) is 74.7 Å². The Labute approximate surface area is 195 Å². The van der Waals surface area contributed by atoms with E-state index < -0.39 is 5.82 Å². The van der Waals surface area contributed by atoms with Crippen molar-refractivity contribution in [1.29, 1.82) is 0 Å². The average Bonchev–Trinajstić information content (AvgIpc) is 3.22. The van der Waals surface area contributed by atoms with Gasteiger partial charge in [0.25, 0.3) is 11.7 Å². The van der Waals surface area contributed by atoms with Crippen LogP contribution in [0.3, 0.4) is 0 Å². The van der Waals surface area contributed by atoms with Crippen molar-refractivity contribution in [2.24, 2.45) is 0 Å². The number of nitrogens with zero attached hydrogens (tertiary/aromatic N) is 5. The molecule has 2 aromatic carbocycles. The number of hydrogen-bond donors (Lipinski definition) is 1. The Morgan fingerprint density at radius 3 is 2.68 bits per heavy atom. The number of carbonyl (C=O) groups excluding carboxylic acids is 2. The maximum absolute atomic E-state index is 13.2. The molecule has 172 valence electrons. The molecule has 2 amide bonds. The van der Waals surface area contributed by atoms with E-state index in [0.717, 1.165) is 35.5 Å². The molecule has 34 heavy (non-hydrogen) atoms. The number of aromatic nitrogens is 4. The smallest absolute Gasteiger partial charge is 0.255 e. The zero-order valence-electron chi connectivity index (χ0n) is 18.9. The number of amides is 2. The first kappa shape index (κ1) is 21.7. The molecule has 2 aromatic heterocycles. The largest absolute Gasteiger partial charge is 0.322 e. The summed E-state index contributed by atoms with van der Waals surface area (Å²) in [6.45, 7) is 4.39. The first-order chi connectivity index (χ1) is 16.4. The maximum atomic E-state index is 13.2. The van der Waals surface area contributed by atoms with E-state index >= 15 is 0 Å². The quantitative estimate of drug-likeness (QED) is 0.504. The Kier molecular flexibility index (Phi) is 5.53. The second-order valence-electron chi connectivity index (χ2n) is 8.37. The van der Waals surface area contributed by atoms with Crippen LogP contribution in [0.5, 0.6) is 0 Å². The van der Waals surface area contributed by atoms with E-state index in [-0.39, 0.29) is 18.2 Å². The van der Waals surface area contributed by atoms with Crippen LogP contribution in [0, 0.1) is 19.7 Å².